The summed E-state index contributed by atoms with van der Waals surface area (Å²) in [6.45, 7) is 8.55. The highest BCUT2D eigenvalue weighted by Crippen LogP contribution is 2.33. The Labute approximate surface area is 238 Å². The summed E-state index contributed by atoms with van der Waals surface area (Å²) in [6, 6.07) is 13.3. The van der Waals surface area contributed by atoms with Gasteiger partial charge in [-0.2, -0.15) is 10.2 Å². The topological polar surface area (TPSA) is 119 Å². The standard InChI is InChI=1S/C30H33N9O2/c1-7-8-22-15-20(3)39(36-22)30-23(21(4)40)10-12-29(33-30)38-18-31-24-16-25(32-28-11-9-19(2)34-35-28)27(17-26(24)38)41-14-13-37(5)6/h9-12,15-18,21,40H,13-14H2,1-6H3,(H,32,35). The summed E-state index contributed by atoms with van der Waals surface area (Å²) in [5, 5.41) is 26.8. The number of aryl methyl sites for hydroxylation is 2. The number of anilines is 2. The Kier molecular flexibility index (Phi) is 7.96. The molecule has 0 aliphatic carbocycles. The van der Waals surface area contributed by atoms with Gasteiger partial charge in [0.05, 0.1) is 28.5 Å². The van der Waals surface area contributed by atoms with Crippen LogP contribution in [0.1, 0.15) is 42.6 Å². The average Bonchev–Trinajstić information content (AvgIpc) is 3.52. The van der Waals surface area contributed by atoms with E-state index in [1.165, 1.54) is 0 Å². The monoisotopic (exact) mass is 551 g/mol. The smallest absolute Gasteiger partial charge is 0.161 e. The van der Waals surface area contributed by atoms with E-state index in [4.69, 9.17) is 9.72 Å². The van der Waals surface area contributed by atoms with Gasteiger partial charge in [0.25, 0.3) is 0 Å². The Morgan fingerprint density at radius 2 is 1.93 bits per heavy atom. The minimum Gasteiger partial charge on any atom is -0.490 e. The minimum absolute atomic E-state index is 0.494. The van der Waals surface area contributed by atoms with Crippen molar-refractivity contribution >= 4 is 22.5 Å². The van der Waals surface area contributed by atoms with Crippen molar-refractivity contribution in [2.75, 3.05) is 32.6 Å². The number of hydrogen-bond acceptors (Lipinski definition) is 9. The van der Waals surface area contributed by atoms with Crippen LogP contribution in [0.3, 0.4) is 0 Å². The van der Waals surface area contributed by atoms with Gasteiger partial charge in [-0.05, 0) is 84.1 Å². The third kappa shape index (κ3) is 6.04. The van der Waals surface area contributed by atoms with Crippen molar-refractivity contribution in [3.63, 3.8) is 0 Å². The molecular weight excluding hydrogens is 518 g/mol. The maximum absolute atomic E-state index is 10.5. The molecule has 4 heterocycles. The molecule has 0 amide bonds. The molecule has 5 rings (SSSR count). The zero-order valence-corrected chi connectivity index (χ0v) is 24.0. The number of nitrogens with zero attached hydrogens (tertiary/aromatic N) is 8. The molecule has 11 heteroatoms. The van der Waals surface area contributed by atoms with E-state index in [-0.39, 0.29) is 0 Å². The number of imidazole rings is 1. The highest BCUT2D eigenvalue weighted by atomic mass is 16.5. The number of nitrogens with one attached hydrogen (secondary N) is 1. The molecule has 11 nitrogen and oxygen atoms in total. The van der Waals surface area contributed by atoms with Gasteiger partial charge in [0.1, 0.15) is 30.2 Å². The van der Waals surface area contributed by atoms with Crippen molar-refractivity contribution in [3.8, 4) is 29.2 Å². The minimum atomic E-state index is -0.745. The first-order valence-electron chi connectivity index (χ1n) is 13.3. The van der Waals surface area contributed by atoms with E-state index in [2.05, 4.69) is 42.3 Å². The summed E-state index contributed by atoms with van der Waals surface area (Å²) in [7, 11) is 4.00. The second kappa shape index (κ2) is 11.8. The van der Waals surface area contributed by atoms with Gasteiger partial charge < -0.3 is 20.1 Å². The van der Waals surface area contributed by atoms with Crippen LogP contribution in [0.25, 0.3) is 22.7 Å². The number of benzene rings is 1. The van der Waals surface area contributed by atoms with Crippen LogP contribution in [0.15, 0.2) is 48.8 Å². The lowest BCUT2D eigenvalue weighted by Gasteiger charge is -2.16. The molecule has 2 N–H and O–H groups in total. The van der Waals surface area contributed by atoms with E-state index < -0.39 is 6.10 Å². The number of aromatic nitrogens is 7. The number of likely N-dealkylation sites (N-methyl/N-ethyl adjacent to an activating group) is 1. The lowest BCUT2D eigenvalue weighted by Crippen LogP contribution is -2.19. The fraction of sp³-hybridized carbons (Fsp3) is 0.300. The molecule has 0 fully saturated rings. The molecule has 41 heavy (non-hydrogen) atoms. The Bertz CT molecular complexity index is 1740. The Morgan fingerprint density at radius 1 is 1.10 bits per heavy atom. The fourth-order valence-corrected chi connectivity index (χ4v) is 4.33. The lowest BCUT2D eigenvalue weighted by atomic mass is 10.1. The van der Waals surface area contributed by atoms with E-state index in [9.17, 15) is 5.11 Å². The Hall–Kier alpha value is -4.79. The van der Waals surface area contributed by atoms with Crippen molar-refractivity contribution in [3.05, 3.63) is 71.4 Å². The predicted molar refractivity (Wildman–Crippen MR) is 158 cm³/mol. The van der Waals surface area contributed by atoms with Gasteiger partial charge in [-0.1, -0.05) is 5.92 Å². The van der Waals surface area contributed by atoms with Crippen LogP contribution in [0.2, 0.25) is 0 Å². The Morgan fingerprint density at radius 3 is 2.63 bits per heavy atom. The summed E-state index contributed by atoms with van der Waals surface area (Å²) in [5.74, 6) is 8.27. The summed E-state index contributed by atoms with van der Waals surface area (Å²) in [5.41, 5.74) is 5.26. The van der Waals surface area contributed by atoms with E-state index >= 15 is 0 Å². The molecule has 0 radical (unpaired) electrons. The highest BCUT2D eigenvalue weighted by molar-refractivity contribution is 5.86. The number of pyridine rings is 1. The molecule has 0 aliphatic rings. The van der Waals surface area contributed by atoms with Gasteiger partial charge >= 0.3 is 0 Å². The molecule has 1 unspecified atom stereocenters. The first kappa shape index (κ1) is 27.8. The van der Waals surface area contributed by atoms with Crippen LogP contribution in [0.4, 0.5) is 11.5 Å². The van der Waals surface area contributed by atoms with Gasteiger partial charge in [0, 0.05) is 23.9 Å². The molecule has 1 aromatic carbocycles. The van der Waals surface area contributed by atoms with Crippen LogP contribution in [-0.2, 0) is 0 Å². The largest absolute Gasteiger partial charge is 0.490 e. The molecule has 0 spiro atoms. The van der Waals surface area contributed by atoms with E-state index in [1.807, 2.05) is 75.0 Å². The zero-order chi connectivity index (χ0) is 29.1. The summed E-state index contributed by atoms with van der Waals surface area (Å²) in [6.07, 6.45) is 0.979. The summed E-state index contributed by atoms with van der Waals surface area (Å²) >= 11 is 0. The van der Waals surface area contributed by atoms with Crippen LogP contribution in [-0.4, -0.2) is 71.8 Å². The molecule has 0 saturated heterocycles. The number of rotatable bonds is 9. The van der Waals surface area contributed by atoms with Crippen LogP contribution in [0, 0.1) is 25.7 Å². The van der Waals surface area contributed by atoms with Crippen molar-refractivity contribution in [1.82, 2.24) is 39.4 Å². The van der Waals surface area contributed by atoms with Gasteiger partial charge in [0.15, 0.2) is 11.6 Å². The van der Waals surface area contributed by atoms with Gasteiger partial charge in [-0.15, -0.1) is 5.10 Å². The Balaban J connectivity index is 1.60. The molecule has 0 aliphatic heterocycles. The van der Waals surface area contributed by atoms with E-state index in [0.29, 0.717) is 41.1 Å². The molecular formula is C30H33N9O2. The average molecular weight is 552 g/mol. The molecule has 5 aromatic rings. The fourth-order valence-electron chi connectivity index (χ4n) is 4.33. The number of ether oxygens (including phenoxy) is 1. The number of aliphatic hydroxyl groups excluding tert-OH is 1. The SMILES string of the molecule is CC#Cc1cc(C)n(-c2nc(-n3cnc4cc(Nc5ccc(C)nn5)c(OCCN(C)C)cc43)ccc2C(C)O)n1. The first-order chi connectivity index (χ1) is 19.7. The van der Waals surface area contributed by atoms with Crippen LogP contribution in [0.5, 0.6) is 5.75 Å². The van der Waals surface area contributed by atoms with Crippen LogP contribution >= 0.6 is 0 Å². The normalized spacial score (nSPS) is 11.9. The van der Waals surface area contributed by atoms with E-state index in [1.54, 1.807) is 24.9 Å². The van der Waals surface area contributed by atoms with Gasteiger partial charge in [-0.3, -0.25) is 4.57 Å². The van der Waals surface area contributed by atoms with Crippen molar-refractivity contribution in [1.29, 1.82) is 0 Å². The van der Waals surface area contributed by atoms with Gasteiger partial charge in [0.2, 0.25) is 0 Å². The third-order valence-corrected chi connectivity index (χ3v) is 6.43. The first-order valence-corrected chi connectivity index (χ1v) is 13.3. The molecule has 4 aromatic heterocycles. The summed E-state index contributed by atoms with van der Waals surface area (Å²) in [4.78, 5) is 11.7. The predicted octanol–water partition coefficient (Wildman–Crippen LogP) is 4.12. The van der Waals surface area contributed by atoms with Crippen molar-refractivity contribution in [2.45, 2.75) is 33.8 Å². The maximum atomic E-state index is 10.5. The van der Waals surface area contributed by atoms with Gasteiger partial charge in [-0.25, -0.2) is 14.6 Å². The summed E-state index contributed by atoms with van der Waals surface area (Å²) < 4.78 is 9.83. The quantitative estimate of drug-likeness (QED) is 0.261. The number of aliphatic hydroxyl groups is 1. The zero-order valence-electron chi connectivity index (χ0n) is 24.0. The molecule has 1 atom stereocenters. The van der Waals surface area contributed by atoms with Crippen molar-refractivity contribution in [2.24, 2.45) is 0 Å². The second-order valence-corrected chi connectivity index (χ2v) is 10.0. The number of hydrogen-bond donors (Lipinski definition) is 2. The van der Waals surface area contributed by atoms with Crippen molar-refractivity contribution < 1.29 is 9.84 Å². The molecule has 0 bridgehead atoms. The second-order valence-electron chi connectivity index (χ2n) is 10.0. The van der Waals surface area contributed by atoms with E-state index in [0.717, 1.165) is 34.7 Å². The maximum Gasteiger partial charge on any atom is 0.161 e. The van der Waals surface area contributed by atoms with Crippen LogP contribution < -0.4 is 10.1 Å². The molecule has 210 valence electrons. The third-order valence-electron chi connectivity index (χ3n) is 6.43. The lowest BCUT2D eigenvalue weighted by molar-refractivity contribution is 0.198. The number of fused-ring (bicyclic) bond motifs is 1. The molecule has 0 saturated carbocycles. The highest BCUT2D eigenvalue weighted by Gasteiger charge is 2.19.